The van der Waals surface area contributed by atoms with E-state index >= 15 is 0 Å². The minimum absolute atomic E-state index is 0.0183. The number of aromatic nitrogens is 2. The van der Waals surface area contributed by atoms with Crippen molar-refractivity contribution >= 4 is 16.9 Å². The number of phenolic OH excluding ortho intramolecular Hbond substituents is 1. The van der Waals surface area contributed by atoms with Gasteiger partial charge in [0, 0.05) is 6.07 Å². The molecule has 2 aromatic heterocycles. The van der Waals surface area contributed by atoms with Gasteiger partial charge in [0.2, 0.25) is 11.2 Å². The van der Waals surface area contributed by atoms with Gasteiger partial charge in [-0.05, 0) is 43.5 Å². The van der Waals surface area contributed by atoms with Gasteiger partial charge in [-0.2, -0.15) is 5.10 Å². The Morgan fingerprint density at radius 2 is 1.91 bits per heavy atom. The number of esters is 1. The fourth-order valence-electron chi connectivity index (χ4n) is 3.82. The quantitative estimate of drug-likeness (QED) is 0.229. The Labute approximate surface area is 202 Å². The van der Waals surface area contributed by atoms with E-state index in [0.29, 0.717) is 12.0 Å². The van der Waals surface area contributed by atoms with Crippen molar-refractivity contribution in [2.75, 3.05) is 6.61 Å². The van der Waals surface area contributed by atoms with E-state index in [-0.39, 0.29) is 40.6 Å². The van der Waals surface area contributed by atoms with Crippen LogP contribution in [0.1, 0.15) is 55.6 Å². The van der Waals surface area contributed by atoms with Crippen molar-refractivity contribution in [3.8, 4) is 22.9 Å². The second-order valence-corrected chi connectivity index (χ2v) is 8.16. The second kappa shape index (κ2) is 10.9. The molecule has 0 unspecified atom stereocenters. The first-order valence-corrected chi connectivity index (χ1v) is 11.8. The number of phenols is 1. The molecule has 0 saturated carbocycles. The van der Waals surface area contributed by atoms with Gasteiger partial charge in [0.15, 0.2) is 5.75 Å². The summed E-state index contributed by atoms with van der Waals surface area (Å²) in [5.74, 6) is -1.22. The van der Waals surface area contributed by atoms with Crippen LogP contribution in [0.4, 0.5) is 0 Å². The molecular weight excluding hydrogens is 448 g/mol. The number of aryl methyl sites for hydroxylation is 1. The van der Waals surface area contributed by atoms with Gasteiger partial charge in [0.05, 0.1) is 30.1 Å². The minimum atomic E-state index is -0.833. The summed E-state index contributed by atoms with van der Waals surface area (Å²) in [5.41, 5.74) is 1.01. The van der Waals surface area contributed by atoms with Crippen LogP contribution in [0.3, 0.4) is 0 Å². The number of carbonyl (C=O) groups is 1. The molecule has 2 aromatic carbocycles. The molecule has 0 bridgehead atoms. The molecule has 0 radical (unpaired) electrons. The van der Waals surface area contributed by atoms with Crippen molar-refractivity contribution in [1.29, 1.82) is 0 Å². The molecule has 0 saturated heterocycles. The van der Waals surface area contributed by atoms with Crippen LogP contribution in [0, 0.1) is 0 Å². The Morgan fingerprint density at radius 3 is 2.66 bits per heavy atom. The lowest BCUT2D eigenvalue weighted by atomic mass is 10.0. The first-order valence-electron chi connectivity index (χ1n) is 11.8. The molecule has 0 fully saturated rings. The summed E-state index contributed by atoms with van der Waals surface area (Å²) in [6.45, 7) is 3.87. The normalized spacial score (nSPS) is 11.0. The van der Waals surface area contributed by atoms with E-state index < -0.39 is 11.4 Å². The molecule has 0 atom stereocenters. The van der Waals surface area contributed by atoms with Gasteiger partial charge in [0.25, 0.3) is 5.76 Å². The summed E-state index contributed by atoms with van der Waals surface area (Å²) in [5, 5.41) is 15.0. The van der Waals surface area contributed by atoms with Crippen LogP contribution in [0.25, 0.3) is 16.7 Å². The monoisotopic (exact) mass is 476 g/mol. The summed E-state index contributed by atoms with van der Waals surface area (Å²) in [6, 6.07) is 12.4. The minimum Gasteiger partial charge on any atom is -0.508 e. The van der Waals surface area contributed by atoms with Crippen molar-refractivity contribution in [2.45, 2.75) is 46.0 Å². The van der Waals surface area contributed by atoms with Crippen molar-refractivity contribution in [3.63, 3.8) is 0 Å². The highest BCUT2D eigenvalue weighted by atomic mass is 16.6. The van der Waals surface area contributed by atoms with Crippen LogP contribution in [0.15, 0.2) is 64.1 Å². The molecule has 1 N–H and O–H groups in total. The Hall–Kier alpha value is -4.07. The SMILES string of the molecule is CCCCCCc1cc2c(=O)c(Oc3cnn(-c4ccccc4)c3)c(C(=O)OCC)oc2cc1O. The highest BCUT2D eigenvalue weighted by Crippen LogP contribution is 2.31. The third-order valence-electron chi connectivity index (χ3n) is 5.61. The molecule has 35 heavy (non-hydrogen) atoms. The maximum Gasteiger partial charge on any atom is 0.378 e. The number of hydrogen-bond acceptors (Lipinski definition) is 7. The first-order chi connectivity index (χ1) is 17.0. The topological polar surface area (TPSA) is 104 Å². The second-order valence-electron chi connectivity index (χ2n) is 8.16. The molecule has 0 aliphatic heterocycles. The molecule has 0 aliphatic rings. The number of hydrogen-bond donors (Lipinski definition) is 1. The number of aromatic hydroxyl groups is 1. The molecule has 0 spiro atoms. The van der Waals surface area contributed by atoms with Gasteiger partial charge in [-0.1, -0.05) is 44.4 Å². The summed E-state index contributed by atoms with van der Waals surface area (Å²) < 4.78 is 18.3. The molecule has 4 rings (SSSR count). The van der Waals surface area contributed by atoms with Gasteiger partial charge >= 0.3 is 5.97 Å². The van der Waals surface area contributed by atoms with Crippen molar-refractivity contribution in [2.24, 2.45) is 0 Å². The Bertz CT molecular complexity index is 1370. The highest BCUT2D eigenvalue weighted by molar-refractivity contribution is 5.93. The number of para-hydroxylation sites is 1. The van der Waals surface area contributed by atoms with Gasteiger partial charge < -0.3 is 19.0 Å². The van der Waals surface area contributed by atoms with Gasteiger partial charge in [-0.25, -0.2) is 9.48 Å². The molecule has 0 amide bonds. The largest absolute Gasteiger partial charge is 0.508 e. The predicted molar refractivity (Wildman–Crippen MR) is 132 cm³/mol. The third-order valence-corrected chi connectivity index (χ3v) is 5.61. The molecular formula is C27H28N2O6. The zero-order chi connectivity index (χ0) is 24.8. The van der Waals surface area contributed by atoms with Gasteiger partial charge in [-0.3, -0.25) is 4.79 Å². The Balaban J connectivity index is 1.75. The number of unbranched alkanes of at least 4 members (excludes halogenated alkanes) is 3. The van der Waals surface area contributed by atoms with Crippen LogP contribution < -0.4 is 10.2 Å². The fraction of sp³-hybridized carbons (Fsp3) is 0.296. The van der Waals surface area contributed by atoms with Crippen LogP contribution >= 0.6 is 0 Å². The lowest BCUT2D eigenvalue weighted by molar-refractivity contribution is 0.0486. The summed E-state index contributed by atoms with van der Waals surface area (Å²) in [6.07, 6.45) is 7.80. The number of carbonyl (C=O) groups excluding carboxylic acids is 1. The van der Waals surface area contributed by atoms with E-state index in [2.05, 4.69) is 12.0 Å². The average molecular weight is 477 g/mol. The maximum atomic E-state index is 13.5. The molecule has 2 heterocycles. The molecule has 182 valence electrons. The molecule has 0 aliphatic carbocycles. The predicted octanol–water partition coefficient (Wildman–Crippen LogP) is 5.78. The van der Waals surface area contributed by atoms with E-state index in [4.69, 9.17) is 13.9 Å². The third kappa shape index (κ3) is 5.37. The number of rotatable bonds is 10. The van der Waals surface area contributed by atoms with E-state index in [1.54, 1.807) is 23.9 Å². The molecule has 8 heteroatoms. The summed E-state index contributed by atoms with van der Waals surface area (Å²) in [4.78, 5) is 26.1. The van der Waals surface area contributed by atoms with E-state index in [1.165, 1.54) is 12.3 Å². The maximum absolute atomic E-state index is 13.5. The summed E-state index contributed by atoms with van der Waals surface area (Å²) >= 11 is 0. The van der Waals surface area contributed by atoms with Gasteiger partial charge in [0.1, 0.15) is 11.3 Å². The van der Waals surface area contributed by atoms with Crippen LogP contribution in [-0.4, -0.2) is 27.5 Å². The Kier molecular flexibility index (Phi) is 7.50. The fourth-order valence-corrected chi connectivity index (χ4v) is 3.82. The standard InChI is InChI=1S/C27H28N2O6/c1-3-5-6-8-11-18-14-21-23(15-22(18)30)35-26(27(32)33-4-2)25(24(21)31)34-20-16-28-29(17-20)19-12-9-7-10-13-19/h7,9-10,12-17,30H,3-6,8,11H2,1-2H3. The molecule has 8 nitrogen and oxygen atoms in total. The van der Waals surface area contributed by atoms with Crippen LogP contribution in [0.5, 0.6) is 17.2 Å². The summed E-state index contributed by atoms with van der Waals surface area (Å²) in [7, 11) is 0. The number of nitrogens with zero attached hydrogens (tertiary/aromatic N) is 2. The zero-order valence-electron chi connectivity index (χ0n) is 19.8. The number of fused-ring (bicyclic) bond motifs is 1. The van der Waals surface area contributed by atoms with E-state index in [9.17, 15) is 14.7 Å². The zero-order valence-corrected chi connectivity index (χ0v) is 19.8. The average Bonchev–Trinajstić information content (AvgIpc) is 3.33. The Morgan fingerprint density at radius 1 is 1.11 bits per heavy atom. The first kappa shape index (κ1) is 24.1. The van der Waals surface area contributed by atoms with Crippen molar-refractivity contribution in [3.05, 3.63) is 76.4 Å². The number of ether oxygens (including phenoxy) is 2. The molecule has 4 aromatic rings. The lowest BCUT2D eigenvalue weighted by Crippen LogP contribution is -2.14. The highest BCUT2D eigenvalue weighted by Gasteiger charge is 2.25. The van der Waals surface area contributed by atoms with Crippen molar-refractivity contribution in [1.82, 2.24) is 9.78 Å². The van der Waals surface area contributed by atoms with Crippen LogP contribution in [-0.2, 0) is 11.2 Å². The van der Waals surface area contributed by atoms with Crippen LogP contribution in [0.2, 0.25) is 0 Å². The number of benzene rings is 2. The smallest absolute Gasteiger partial charge is 0.378 e. The van der Waals surface area contributed by atoms with E-state index in [1.807, 2.05) is 30.3 Å². The lowest BCUT2D eigenvalue weighted by Gasteiger charge is -2.11. The van der Waals surface area contributed by atoms with E-state index in [0.717, 1.165) is 31.4 Å². The van der Waals surface area contributed by atoms with Gasteiger partial charge in [-0.15, -0.1) is 0 Å². The van der Waals surface area contributed by atoms with Crippen molar-refractivity contribution < 1.29 is 23.8 Å².